The molecule has 0 aliphatic heterocycles. The second kappa shape index (κ2) is 9.88. The van der Waals surface area contributed by atoms with E-state index in [1.807, 2.05) is 35.2 Å². The van der Waals surface area contributed by atoms with Crippen molar-refractivity contribution in [1.82, 2.24) is 20.3 Å². The number of fused-ring (bicyclic) bond motifs is 1. The van der Waals surface area contributed by atoms with Gasteiger partial charge in [0, 0.05) is 36.6 Å². The van der Waals surface area contributed by atoms with Crippen LogP contribution in [0.15, 0.2) is 65.6 Å². The molecule has 0 radical (unpaired) electrons. The number of benzene rings is 2. The molecule has 2 aromatic carbocycles. The van der Waals surface area contributed by atoms with Crippen LogP contribution < -0.4 is 15.8 Å². The van der Waals surface area contributed by atoms with Gasteiger partial charge in [-0.25, -0.2) is 9.97 Å². The van der Waals surface area contributed by atoms with E-state index < -0.39 is 0 Å². The van der Waals surface area contributed by atoms with Crippen molar-refractivity contribution in [3.05, 3.63) is 93.7 Å². The van der Waals surface area contributed by atoms with Crippen LogP contribution >= 0.6 is 0 Å². The lowest BCUT2D eigenvalue weighted by atomic mass is 10.1. The summed E-state index contributed by atoms with van der Waals surface area (Å²) in [6.45, 7) is 2.90. The van der Waals surface area contributed by atoms with Crippen LogP contribution in [0, 0.1) is 19.3 Å². The minimum atomic E-state index is -0.223. The maximum absolute atomic E-state index is 12.5. The van der Waals surface area contributed by atoms with Gasteiger partial charge in [-0.15, -0.1) is 6.42 Å². The lowest BCUT2D eigenvalue weighted by molar-refractivity contribution is 0.0951. The summed E-state index contributed by atoms with van der Waals surface area (Å²) >= 11 is 0. The molecule has 2 aromatic heterocycles. The summed E-state index contributed by atoms with van der Waals surface area (Å²) in [6.07, 6.45) is 7.10. The average molecular weight is 454 g/mol. The van der Waals surface area contributed by atoms with E-state index in [1.54, 1.807) is 25.1 Å². The number of H-pyrrole nitrogens is 1. The average Bonchev–Trinajstić information content (AvgIpc) is 2.83. The number of carbonyl (C=O) groups is 1. The first-order valence-electron chi connectivity index (χ1n) is 10.6. The van der Waals surface area contributed by atoms with Gasteiger partial charge in [0.2, 0.25) is 5.88 Å². The number of rotatable bonds is 7. The molecule has 3 N–H and O–H groups in total. The Balaban J connectivity index is 1.47. The smallest absolute Gasteiger partial charge is 0.258 e. The summed E-state index contributed by atoms with van der Waals surface area (Å²) in [5, 5.41) is 12.6. The number of amides is 1. The summed E-state index contributed by atoms with van der Waals surface area (Å²) < 4.78 is 0. The van der Waals surface area contributed by atoms with Gasteiger partial charge in [-0.1, -0.05) is 18.1 Å². The topological polar surface area (TPSA) is 111 Å². The van der Waals surface area contributed by atoms with E-state index in [0.717, 1.165) is 16.8 Å². The van der Waals surface area contributed by atoms with Crippen molar-refractivity contribution in [2.45, 2.75) is 20.0 Å². The first-order chi connectivity index (χ1) is 16.4. The Morgan fingerprint density at radius 2 is 1.91 bits per heavy atom. The van der Waals surface area contributed by atoms with Crippen LogP contribution in [-0.4, -0.2) is 32.5 Å². The number of carbonyl (C=O) groups excluding carboxylic acids is 1. The van der Waals surface area contributed by atoms with Crippen LogP contribution in [0.1, 0.15) is 27.3 Å². The summed E-state index contributed by atoms with van der Waals surface area (Å²) in [4.78, 5) is 37.7. The molecule has 0 bridgehead atoms. The van der Waals surface area contributed by atoms with Crippen molar-refractivity contribution in [3.8, 4) is 18.2 Å². The molecule has 1 amide bonds. The Kier molecular flexibility index (Phi) is 6.55. The molecule has 34 heavy (non-hydrogen) atoms. The number of aryl methyl sites for hydroxylation is 1. The van der Waals surface area contributed by atoms with Gasteiger partial charge in [0.25, 0.3) is 11.5 Å². The molecule has 0 aliphatic rings. The van der Waals surface area contributed by atoms with Gasteiger partial charge >= 0.3 is 0 Å². The van der Waals surface area contributed by atoms with E-state index in [2.05, 4.69) is 26.2 Å². The van der Waals surface area contributed by atoms with E-state index in [9.17, 15) is 14.7 Å². The van der Waals surface area contributed by atoms with Crippen LogP contribution in [-0.2, 0) is 13.1 Å². The van der Waals surface area contributed by atoms with Crippen LogP contribution in [0.2, 0.25) is 0 Å². The highest BCUT2D eigenvalue weighted by Gasteiger charge is 2.11. The van der Waals surface area contributed by atoms with Crippen molar-refractivity contribution in [3.63, 3.8) is 0 Å². The Bertz CT molecular complexity index is 1420. The van der Waals surface area contributed by atoms with Crippen molar-refractivity contribution in [2.24, 2.45) is 0 Å². The first-order valence-corrected chi connectivity index (χ1v) is 10.6. The molecule has 0 spiro atoms. The first kappa shape index (κ1) is 22.6. The van der Waals surface area contributed by atoms with Crippen LogP contribution in [0.5, 0.6) is 5.88 Å². The van der Waals surface area contributed by atoms with Crippen LogP contribution in [0.25, 0.3) is 10.9 Å². The maximum atomic E-state index is 12.5. The Hall–Kier alpha value is -4.64. The molecule has 8 nitrogen and oxygen atoms in total. The molecule has 0 aliphatic carbocycles. The van der Waals surface area contributed by atoms with Gasteiger partial charge in [-0.2, -0.15) is 0 Å². The number of nitrogens with one attached hydrogen (secondary N) is 2. The Labute approximate surface area is 196 Å². The molecule has 4 aromatic rings. The summed E-state index contributed by atoms with van der Waals surface area (Å²) in [5.41, 5.74) is 3.53. The predicted octanol–water partition coefficient (Wildman–Crippen LogP) is 2.90. The summed E-state index contributed by atoms with van der Waals surface area (Å²) in [5.74, 6) is 2.95. The fourth-order valence-corrected chi connectivity index (χ4v) is 3.60. The van der Waals surface area contributed by atoms with Crippen LogP contribution in [0.3, 0.4) is 0 Å². The lowest BCUT2D eigenvalue weighted by Crippen LogP contribution is -2.24. The number of anilines is 1. The van der Waals surface area contributed by atoms with Gasteiger partial charge in [-0.3, -0.25) is 9.59 Å². The highest BCUT2D eigenvalue weighted by atomic mass is 16.3. The second-order valence-corrected chi connectivity index (χ2v) is 7.82. The molecule has 8 heteroatoms. The molecule has 0 saturated heterocycles. The molecular weight excluding hydrogens is 430 g/mol. The fraction of sp³-hybridized carbons (Fsp3) is 0.154. The molecule has 170 valence electrons. The van der Waals surface area contributed by atoms with E-state index in [-0.39, 0.29) is 17.3 Å². The Morgan fingerprint density at radius 3 is 2.62 bits per heavy atom. The number of aromatic hydroxyl groups is 1. The van der Waals surface area contributed by atoms with Crippen molar-refractivity contribution in [1.29, 1.82) is 0 Å². The molecule has 0 unspecified atom stereocenters. The monoisotopic (exact) mass is 453 g/mol. The van der Waals surface area contributed by atoms with Gasteiger partial charge in [0.1, 0.15) is 5.82 Å². The normalized spacial score (nSPS) is 10.6. The third-order valence-corrected chi connectivity index (χ3v) is 5.30. The minimum absolute atomic E-state index is 0.0653. The highest BCUT2D eigenvalue weighted by molar-refractivity contribution is 5.94. The molecule has 0 saturated carbocycles. The molecule has 2 heterocycles. The zero-order valence-electron chi connectivity index (χ0n) is 18.6. The van der Waals surface area contributed by atoms with Crippen LogP contribution in [0.4, 0.5) is 5.69 Å². The number of terminal acetylenes is 1. The molecular formula is C26H23N5O3. The zero-order valence-corrected chi connectivity index (χ0v) is 18.6. The standard InChI is InChI=1S/C26H23N5O3/c1-3-12-31(16-18-4-10-23-22(13-18)26(34)30-17(2)29-23)21-8-6-20(7-9-21)25(33)28-15-19-5-11-24(32)27-14-19/h1,4-11,13-14H,12,15-16H2,2H3,(H,27,32)(H,28,33)(H,29,30,34). The Morgan fingerprint density at radius 1 is 1.15 bits per heavy atom. The SMILES string of the molecule is C#CCN(Cc1ccc2nc(C)[nH]c(=O)c2c1)c1ccc(C(=O)NCc2ccc(O)nc2)cc1. The van der Waals surface area contributed by atoms with Gasteiger partial charge in [0.15, 0.2) is 0 Å². The van der Waals surface area contributed by atoms with Crippen molar-refractivity contribution >= 4 is 22.5 Å². The second-order valence-electron chi connectivity index (χ2n) is 7.82. The largest absolute Gasteiger partial charge is 0.493 e. The lowest BCUT2D eigenvalue weighted by Gasteiger charge is -2.23. The minimum Gasteiger partial charge on any atom is -0.493 e. The van der Waals surface area contributed by atoms with Crippen molar-refractivity contribution in [2.75, 3.05) is 11.4 Å². The highest BCUT2D eigenvalue weighted by Crippen LogP contribution is 2.20. The third-order valence-electron chi connectivity index (χ3n) is 5.30. The number of aromatic amines is 1. The van der Waals surface area contributed by atoms with E-state index in [0.29, 0.717) is 41.9 Å². The molecule has 0 fully saturated rings. The fourth-order valence-electron chi connectivity index (χ4n) is 3.60. The molecule has 4 rings (SSSR count). The van der Waals surface area contributed by atoms with E-state index in [4.69, 9.17) is 6.42 Å². The number of aromatic nitrogens is 3. The van der Waals surface area contributed by atoms with E-state index in [1.165, 1.54) is 12.3 Å². The summed E-state index contributed by atoms with van der Waals surface area (Å²) in [7, 11) is 0. The van der Waals surface area contributed by atoms with Gasteiger partial charge < -0.3 is 20.3 Å². The predicted molar refractivity (Wildman–Crippen MR) is 130 cm³/mol. The van der Waals surface area contributed by atoms with Gasteiger partial charge in [0.05, 0.1) is 17.4 Å². The van der Waals surface area contributed by atoms with E-state index >= 15 is 0 Å². The quantitative estimate of drug-likeness (QED) is 0.371. The van der Waals surface area contributed by atoms with Crippen molar-refractivity contribution < 1.29 is 9.90 Å². The number of pyridine rings is 1. The maximum Gasteiger partial charge on any atom is 0.258 e. The van der Waals surface area contributed by atoms with Gasteiger partial charge in [-0.05, 0) is 54.4 Å². The third kappa shape index (κ3) is 5.22. The number of nitrogens with zero attached hydrogens (tertiary/aromatic N) is 3. The molecule has 0 atom stereocenters. The zero-order chi connectivity index (χ0) is 24.1. The number of hydrogen-bond acceptors (Lipinski definition) is 6. The number of hydrogen-bond donors (Lipinski definition) is 3. The summed E-state index contributed by atoms with van der Waals surface area (Å²) in [6, 6.07) is 15.9.